The lowest BCUT2D eigenvalue weighted by atomic mass is 9.86. The Labute approximate surface area is 184 Å². The van der Waals surface area contributed by atoms with Gasteiger partial charge in [-0.3, -0.25) is 4.79 Å². The lowest BCUT2D eigenvalue weighted by molar-refractivity contribution is 0.0995. The van der Waals surface area contributed by atoms with Crippen LogP contribution in [0, 0.1) is 0 Å². The first-order valence-electron chi connectivity index (χ1n) is 10.2. The maximum Gasteiger partial charge on any atom is 0.267 e. The van der Waals surface area contributed by atoms with Gasteiger partial charge in [-0.15, -0.1) is 11.3 Å². The molecule has 0 atom stereocenters. The number of hydrogen-bond donors (Lipinski definition) is 2. The molecule has 0 fully saturated rings. The van der Waals surface area contributed by atoms with Gasteiger partial charge in [0, 0.05) is 23.1 Å². The second-order valence-electron chi connectivity index (χ2n) is 7.57. The molecule has 0 bridgehead atoms. The van der Waals surface area contributed by atoms with Crippen molar-refractivity contribution in [3.8, 4) is 11.3 Å². The Balaban J connectivity index is 1.62. The van der Waals surface area contributed by atoms with E-state index in [4.69, 9.17) is 10.5 Å². The maximum atomic E-state index is 12.4. The highest BCUT2D eigenvalue weighted by Gasteiger charge is 2.25. The Morgan fingerprint density at radius 3 is 2.84 bits per heavy atom. The van der Waals surface area contributed by atoms with Gasteiger partial charge in [-0.2, -0.15) is 0 Å². The smallest absolute Gasteiger partial charge is 0.267 e. The normalized spacial score (nSPS) is 15.2. The number of pyridine rings is 1. The van der Waals surface area contributed by atoms with Crippen molar-refractivity contribution < 1.29 is 9.53 Å². The van der Waals surface area contributed by atoms with Crippen LogP contribution in [0.3, 0.4) is 0 Å². The second-order valence-corrected chi connectivity index (χ2v) is 8.29. The zero-order valence-corrected chi connectivity index (χ0v) is 17.7. The summed E-state index contributed by atoms with van der Waals surface area (Å²) in [4.78, 5) is 21.4. The summed E-state index contributed by atoms with van der Waals surface area (Å²) in [6.07, 6.45) is 7.09. The number of nitrogens with one attached hydrogen (secondary N) is 1. The van der Waals surface area contributed by atoms with Gasteiger partial charge >= 0.3 is 0 Å². The van der Waals surface area contributed by atoms with Crippen molar-refractivity contribution in [2.75, 3.05) is 13.2 Å². The molecule has 7 heteroatoms. The number of amides is 1. The highest BCUT2D eigenvalue weighted by atomic mass is 32.1. The van der Waals surface area contributed by atoms with Gasteiger partial charge in [0.2, 0.25) is 0 Å². The third-order valence-corrected chi connectivity index (χ3v) is 6.26. The largest absolute Gasteiger partial charge is 0.497 e. The number of carbonyl (C=O) groups excluding carboxylic acids is 1. The third-order valence-electron chi connectivity index (χ3n) is 5.67. The SMILES string of the molecule is NC(=O)c1nc2c(c(Cc3ccc(-c4cscn4)cc3)c1C1=CCOC=C1)CCNC2. The van der Waals surface area contributed by atoms with Crippen molar-refractivity contribution in [3.63, 3.8) is 0 Å². The van der Waals surface area contributed by atoms with E-state index < -0.39 is 5.91 Å². The topological polar surface area (TPSA) is 90.1 Å². The van der Waals surface area contributed by atoms with Gasteiger partial charge in [-0.25, -0.2) is 9.97 Å². The van der Waals surface area contributed by atoms with Crippen molar-refractivity contribution in [2.45, 2.75) is 19.4 Å². The summed E-state index contributed by atoms with van der Waals surface area (Å²) >= 11 is 1.59. The van der Waals surface area contributed by atoms with Gasteiger partial charge in [0.1, 0.15) is 12.3 Å². The minimum absolute atomic E-state index is 0.328. The van der Waals surface area contributed by atoms with Crippen molar-refractivity contribution >= 4 is 22.8 Å². The van der Waals surface area contributed by atoms with Gasteiger partial charge in [0.25, 0.3) is 5.91 Å². The number of allylic oxidation sites excluding steroid dienone is 2. The summed E-state index contributed by atoms with van der Waals surface area (Å²) in [5.74, 6) is -0.510. The Morgan fingerprint density at radius 1 is 1.26 bits per heavy atom. The zero-order valence-electron chi connectivity index (χ0n) is 16.9. The van der Waals surface area contributed by atoms with E-state index in [-0.39, 0.29) is 0 Å². The number of nitrogens with two attached hydrogens (primary N) is 1. The monoisotopic (exact) mass is 430 g/mol. The number of nitrogens with zero attached hydrogens (tertiary/aromatic N) is 2. The van der Waals surface area contributed by atoms with E-state index in [2.05, 4.69) is 39.6 Å². The molecule has 0 radical (unpaired) electrons. The van der Waals surface area contributed by atoms with Gasteiger partial charge in [0.15, 0.2) is 0 Å². The van der Waals surface area contributed by atoms with Crippen LogP contribution in [0.1, 0.15) is 38.4 Å². The van der Waals surface area contributed by atoms with E-state index in [1.54, 1.807) is 17.6 Å². The van der Waals surface area contributed by atoms with Crippen molar-refractivity contribution in [3.05, 3.63) is 87.2 Å². The number of carbonyl (C=O) groups is 1. The first-order valence-corrected chi connectivity index (χ1v) is 11.2. The molecular formula is C24H22N4O2S. The maximum absolute atomic E-state index is 12.4. The number of hydrogen-bond acceptors (Lipinski definition) is 6. The van der Waals surface area contributed by atoms with Crippen molar-refractivity contribution in [1.82, 2.24) is 15.3 Å². The highest BCUT2D eigenvalue weighted by molar-refractivity contribution is 7.07. The summed E-state index contributed by atoms with van der Waals surface area (Å²) in [7, 11) is 0. The summed E-state index contributed by atoms with van der Waals surface area (Å²) in [6, 6.07) is 8.46. The lowest BCUT2D eigenvalue weighted by Crippen LogP contribution is -2.29. The summed E-state index contributed by atoms with van der Waals surface area (Å²) in [5.41, 5.74) is 16.2. The third kappa shape index (κ3) is 3.89. The van der Waals surface area contributed by atoms with Crippen LogP contribution in [-0.4, -0.2) is 29.0 Å². The lowest BCUT2D eigenvalue weighted by Gasteiger charge is -2.25. The number of primary amides is 1. The van der Waals surface area contributed by atoms with Gasteiger partial charge in [0.05, 0.1) is 23.2 Å². The summed E-state index contributed by atoms with van der Waals surface area (Å²) in [6.45, 7) is 1.99. The molecule has 0 saturated heterocycles. The van der Waals surface area contributed by atoms with Crippen molar-refractivity contribution in [1.29, 1.82) is 0 Å². The molecular weight excluding hydrogens is 408 g/mol. The molecule has 31 heavy (non-hydrogen) atoms. The molecule has 4 heterocycles. The molecule has 1 aromatic carbocycles. The molecule has 0 aliphatic carbocycles. The van der Waals surface area contributed by atoms with Crippen LogP contribution in [0.5, 0.6) is 0 Å². The van der Waals surface area contributed by atoms with E-state index in [0.29, 0.717) is 25.3 Å². The van der Waals surface area contributed by atoms with Crippen LogP contribution in [0.2, 0.25) is 0 Å². The van der Waals surface area contributed by atoms with Crippen molar-refractivity contribution in [2.24, 2.45) is 5.73 Å². The molecule has 3 N–H and O–H groups in total. The predicted octanol–water partition coefficient (Wildman–Crippen LogP) is 3.47. The van der Waals surface area contributed by atoms with E-state index in [9.17, 15) is 4.79 Å². The van der Waals surface area contributed by atoms with Gasteiger partial charge in [-0.05, 0) is 53.8 Å². The predicted molar refractivity (Wildman–Crippen MR) is 122 cm³/mol. The average molecular weight is 431 g/mol. The number of rotatable bonds is 5. The quantitative estimate of drug-likeness (QED) is 0.647. The number of thiazole rings is 1. The Kier molecular flexibility index (Phi) is 5.36. The fourth-order valence-electron chi connectivity index (χ4n) is 4.19. The molecule has 2 aromatic heterocycles. The first kappa shape index (κ1) is 19.7. The Hall–Kier alpha value is -3.29. The molecule has 156 valence electrons. The van der Waals surface area contributed by atoms with Crippen LogP contribution in [0.15, 0.2) is 53.6 Å². The minimum atomic E-state index is -0.510. The van der Waals surface area contributed by atoms with Gasteiger partial charge < -0.3 is 15.8 Å². The average Bonchev–Trinajstić information content (AvgIpc) is 3.35. The van der Waals surface area contributed by atoms with Crippen LogP contribution < -0.4 is 11.1 Å². The van der Waals surface area contributed by atoms with E-state index >= 15 is 0 Å². The molecule has 5 rings (SSSR count). The molecule has 6 nitrogen and oxygen atoms in total. The minimum Gasteiger partial charge on any atom is -0.497 e. The molecule has 2 aliphatic heterocycles. The van der Waals surface area contributed by atoms with E-state index in [1.807, 2.05) is 23.0 Å². The first-order chi connectivity index (χ1) is 15.2. The number of ether oxygens (including phenoxy) is 1. The molecule has 1 amide bonds. The van der Waals surface area contributed by atoms with Crippen LogP contribution >= 0.6 is 11.3 Å². The van der Waals surface area contributed by atoms with E-state index in [1.165, 1.54) is 11.1 Å². The Bertz CT molecular complexity index is 1180. The molecule has 0 spiro atoms. The Morgan fingerprint density at radius 2 is 2.13 bits per heavy atom. The van der Waals surface area contributed by atoms with Crippen LogP contribution in [0.25, 0.3) is 16.8 Å². The molecule has 0 saturated carbocycles. The number of aromatic nitrogens is 2. The fraction of sp³-hybridized carbons (Fsp3) is 0.208. The van der Waals surface area contributed by atoms with Crippen LogP contribution in [-0.2, 0) is 24.1 Å². The molecule has 3 aromatic rings. The highest BCUT2D eigenvalue weighted by Crippen LogP contribution is 2.33. The molecule has 0 unspecified atom stereocenters. The number of fused-ring (bicyclic) bond motifs is 1. The summed E-state index contributed by atoms with van der Waals surface area (Å²) < 4.78 is 5.33. The molecule has 2 aliphatic rings. The van der Waals surface area contributed by atoms with E-state index in [0.717, 1.165) is 46.6 Å². The fourth-order valence-corrected chi connectivity index (χ4v) is 4.75. The zero-order chi connectivity index (χ0) is 21.2. The summed E-state index contributed by atoms with van der Waals surface area (Å²) in [5, 5.41) is 5.40. The van der Waals surface area contributed by atoms with Gasteiger partial charge in [-0.1, -0.05) is 24.3 Å². The standard InChI is InChI=1S/C24H22N4O2S/c25-24(29)23-22(17-6-9-30-10-7-17)19(18-5-8-26-12-20(18)28-23)11-15-1-3-16(4-2-15)21-13-31-14-27-21/h1-4,6-7,9,13-14,26H,5,8,10-12H2,(H2,25,29). The number of benzene rings is 1. The second kappa shape index (κ2) is 8.45. The van der Waals surface area contributed by atoms with Crippen LogP contribution in [0.4, 0.5) is 0 Å².